The van der Waals surface area contributed by atoms with Crippen LogP contribution in [-0.4, -0.2) is 37.8 Å². The van der Waals surface area contributed by atoms with Crippen LogP contribution >= 0.6 is 0 Å². The molecule has 2 heterocycles. The van der Waals surface area contributed by atoms with E-state index in [-0.39, 0.29) is 5.91 Å². The summed E-state index contributed by atoms with van der Waals surface area (Å²) in [6.45, 7) is 0. The first-order chi connectivity index (χ1) is 14.6. The van der Waals surface area contributed by atoms with Crippen molar-refractivity contribution in [1.29, 1.82) is 0 Å². The molecule has 0 unspecified atom stereocenters. The van der Waals surface area contributed by atoms with Gasteiger partial charge in [-0.3, -0.25) is 9.59 Å². The fourth-order valence-electron chi connectivity index (χ4n) is 3.98. The molecule has 2 aliphatic rings. The van der Waals surface area contributed by atoms with Gasteiger partial charge in [-0.25, -0.2) is 4.90 Å². The molecular weight excluding hydrogens is 384 g/mol. The van der Waals surface area contributed by atoms with E-state index in [0.29, 0.717) is 28.5 Å². The van der Waals surface area contributed by atoms with Crippen molar-refractivity contribution in [3.63, 3.8) is 0 Å². The number of anilines is 1. The number of carbonyl (C=O) groups is 2. The van der Waals surface area contributed by atoms with Gasteiger partial charge in [0.2, 0.25) is 12.0 Å². The summed E-state index contributed by atoms with van der Waals surface area (Å²) >= 11 is 0. The zero-order valence-corrected chi connectivity index (χ0v) is 16.4. The number of ether oxygens (including phenoxy) is 2. The highest BCUT2D eigenvalue weighted by atomic mass is 16.7. The fraction of sp³-hybridized carbons (Fsp3) is 0.174. The van der Waals surface area contributed by atoms with Gasteiger partial charge in [0.05, 0.1) is 19.9 Å². The van der Waals surface area contributed by atoms with Crippen molar-refractivity contribution in [3.05, 3.63) is 66.2 Å². The quantitative estimate of drug-likeness (QED) is 0.627. The Labute approximate surface area is 172 Å². The number of imide groups is 1. The number of methoxy groups -OCH3 is 2. The Kier molecular flexibility index (Phi) is 4.17. The highest BCUT2D eigenvalue weighted by Crippen LogP contribution is 2.38. The molecule has 2 atom stereocenters. The molecule has 1 saturated heterocycles. The van der Waals surface area contributed by atoms with Gasteiger partial charge in [-0.05, 0) is 35.0 Å². The summed E-state index contributed by atoms with van der Waals surface area (Å²) in [5, 5.41) is 6.03. The lowest BCUT2D eigenvalue weighted by Crippen LogP contribution is -2.33. The minimum atomic E-state index is -0.981. The van der Waals surface area contributed by atoms with E-state index in [4.69, 9.17) is 14.3 Å². The van der Waals surface area contributed by atoms with Gasteiger partial charge in [-0.15, -0.1) is 0 Å². The number of oxime groups is 1. The summed E-state index contributed by atoms with van der Waals surface area (Å²) < 4.78 is 10.7. The molecule has 7 heteroatoms. The summed E-state index contributed by atoms with van der Waals surface area (Å²) in [5.41, 5.74) is 1.48. The Morgan fingerprint density at radius 1 is 0.900 bits per heavy atom. The third kappa shape index (κ3) is 2.62. The normalized spacial score (nSPS) is 20.2. The van der Waals surface area contributed by atoms with E-state index >= 15 is 0 Å². The van der Waals surface area contributed by atoms with E-state index in [2.05, 4.69) is 5.16 Å². The van der Waals surface area contributed by atoms with E-state index < -0.39 is 17.9 Å². The molecule has 0 saturated carbocycles. The SMILES string of the molecule is COc1ccc(C2=NO[C@@H]3C(=O)N(c4ccc5ccccc5c4)C(=O)[C@H]23)c(OC)c1. The van der Waals surface area contributed by atoms with Crippen molar-refractivity contribution >= 4 is 34.0 Å². The molecule has 3 aromatic rings. The largest absolute Gasteiger partial charge is 0.497 e. The zero-order valence-electron chi connectivity index (χ0n) is 16.4. The predicted octanol–water partition coefficient (Wildman–Crippen LogP) is 3.15. The Hall–Kier alpha value is -3.87. The third-order valence-corrected chi connectivity index (χ3v) is 5.49. The van der Waals surface area contributed by atoms with E-state index in [9.17, 15) is 9.59 Å². The summed E-state index contributed by atoms with van der Waals surface area (Å²) in [7, 11) is 3.08. The van der Waals surface area contributed by atoms with Crippen LogP contribution in [0.4, 0.5) is 5.69 Å². The summed E-state index contributed by atoms with van der Waals surface area (Å²) in [4.78, 5) is 32.9. The second kappa shape index (κ2) is 6.88. The van der Waals surface area contributed by atoms with Crippen LogP contribution in [0.15, 0.2) is 65.8 Å². The van der Waals surface area contributed by atoms with Crippen LogP contribution in [0.3, 0.4) is 0 Å². The Balaban J connectivity index is 1.53. The molecule has 0 N–H and O–H groups in total. The molecule has 0 spiro atoms. The number of rotatable bonds is 4. The lowest BCUT2D eigenvalue weighted by atomic mass is 9.93. The third-order valence-electron chi connectivity index (χ3n) is 5.49. The first kappa shape index (κ1) is 18.2. The Bertz CT molecular complexity index is 1220. The maximum atomic E-state index is 13.3. The molecule has 1 fully saturated rings. The van der Waals surface area contributed by atoms with Gasteiger partial charge in [-0.2, -0.15) is 0 Å². The van der Waals surface area contributed by atoms with Gasteiger partial charge in [0.1, 0.15) is 23.1 Å². The van der Waals surface area contributed by atoms with Crippen molar-refractivity contribution in [1.82, 2.24) is 0 Å². The van der Waals surface area contributed by atoms with Crippen LogP contribution in [0, 0.1) is 5.92 Å². The molecule has 2 aliphatic heterocycles. The van der Waals surface area contributed by atoms with E-state index in [1.165, 1.54) is 12.0 Å². The van der Waals surface area contributed by atoms with Crippen molar-refractivity contribution in [2.45, 2.75) is 6.10 Å². The van der Waals surface area contributed by atoms with Crippen LogP contribution in [0.2, 0.25) is 0 Å². The predicted molar refractivity (Wildman–Crippen MR) is 111 cm³/mol. The summed E-state index contributed by atoms with van der Waals surface area (Å²) in [6, 6.07) is 18.5. The molecule has 0 radical (unpaired) electrons. The maximum absolute atomic E-state index is 13.3. The first-order valence-electron chi connectivity index (χ1n) is 9.45. The van der Waals surface area contributed by atoms with Gasteiger partial charge in [0, 0.05) is 11.6 Å². The monoisotopic (exact) mass is 402 g/mol. The van der Waals surface area contributed by atoms with Crippen molar-refractivity contribution < 1.29 is 23.9 Å². The van der Waals surface area contributed by atoms with Crippen LogP contribution in [0.5, 0.6) is 11.5 Å². The number of carbonyl (C=O) groups excluding carboxylic acids is 2. The molecule has 150 valence electrons. The molecule has 0 aliphatic carbocycles. The van der Waals surface area contributed by atoms with Crippen LogP contribution < -0.4 is 14.4 Å². The number of amides is 2. The fourth-order valence-corrected chi connectivity index (χ4v) is 3.98. The van der Waals surface area contributed by atoms with E-state index in [1.807, 2.05) is 36.4 Å². The van der Waals surface area contributed by atoms with E-state index in [1.54, 1.807) is 31.4 Å². The Morgan fingerprint density at radius 2 is 1.70 bits per heavy atom. The second-order valence-electron chi connectivity index (χ2n) is 7.09. The van der Waals surface area contributed by atoms with Gasteiger partial charge >= 0.3 is 0 Å². The summed E-state index contributed by atoms with van der Waals surface area (Å²) in [5.74, 6) is -0.521. The lowest BCUT2D eigenvalue weighted by molar-refractivity contribution is -0.126. The molecule has 5 rings (SSSR count). The molecular formula is C23H18N2O5. The molecule has 0 aromatic heterocycles. The van der Waals surface area contributed by atoms with Crippen LogP contribution in [-0.2, 0) is 14.4 Å². The van der Waals surface area contributed by atoms with Crippen LogP contribution in [0.25, 0.3) is 10.8 Å². The molecule has 2 amide bonds. The molecule has 3 aromatic carbocycles. The maximum Gasteiger partial charge on any atom is 0.278 e. The highest BCUT2D eigenvalue weighted by Gasteiger charge is 2.56. The van der Waals surface area contributed by atoms with Crippen molar-refractivity contribution in [2.24, 2.45) is 11.1 Å². The minimum absolute atomic E-state index is 0.366. The molecule has 7 nitrogen and oxygen atoms in total. The number of hydrogen-bond acceptors (Lipinski definition) is 6. The van der Waals surface area contributed by atoms with Crippen molar-refractivity contribution in [3.8, 4) is 11.5 Å². The summed E-state index contributed by atoms with van der Waals surface area (Å²) in [6.07, 6.45) is -0.981. The van der Waals surface area contributed by atoms with E-state index in [0.717, 1.165) is 10.8 Å². The highest BCUT2D eigenvalue weighted by molar-refractivity contribution is 6.33. The first-order valence-corrected chi connectivity index (χ1v) is 9.45. The average Bonchev–Trinajstić information content (AvgIpc) is 3.32. The van der Waals surface area contributed by atoms with Crippen molar-refractivity contribution in [2.75, 3.05) is 19.1 Å². The topological polar surface area (TPSA) is 77.4 Å². The smallest absolute Gasteiger partial charge is 0.278 e. The minimum Gasteiger partial charge on any atom is -0.497 e. The zero-order chi connectivity index (χ0) is 20.8. The van der Waals surface area contributed by atoms with Gasteiger partial charge in [-0.1, -0.05) is 35.5 Å². The molecule has 30 heavy (non-hydrogen) atoms. The average molecular weight is 402 g/mol. The Morgan fingerprint density at radius 3 is 2.47 bits per heavy atom. The lowest BCUT2D eigenvalue weighted by Gasteiger charge is -2.16. The standard InChI is InChI=1S/C23H18N2O5/c1-28-16-9-10-17(18(12-16)29-2)20-19-21(30-24-20)23(27)25(22(19)26)15-8-7-13-5-3-4-6-14(13)11-15/h3-12,19,21H,1-2H3/t19-,21+/m1/s1. The number of nitrogens with zero attached hydrogens (tertiary/aromatic N) is 2. The van der Waals surface area contributed by atoms with Crippen LogP contribution in [0.1, 0.15) is 5.56 Å². The van der Waals surface area contributed by atoms with Gasteiger partial charge in [0.15, 0.2) is 0 Å². The van der Waals surface area contributed by atoms with Gasteiger partial charge in [0.25, 0.3) is 5.91 Å². The number of fused-ring (bicyclic) bond motifs is 2. The van der Waals surface area contributed by atoms with Gasteiger partial charge < -0.3 is 14.3 Å². The second-order valence-corrected chi connectivity index (χ2v) is 7.09. The number of benzene rings is 3. The number of hydrogen-bond donors (Lipinski definition) is 0. The molecule has 0 bridgehead atoms.